The molecule has 0 N–H and O–H groups in total. The topological polar surface area (TPSA) is 48.4 Å². The number of aromatic nitrogens is 1. The van der Waals surface area contributed by atoms with Crippen molar-refractivity contribution in [1.82, 2.24) is 4.98 Å². The van der Waals surface area contributed by atoms with Crippen LogP contribution in [0.2, 0.25) is 0 Å². The molecule has 5 heteroatoms. The van der Waals surface area contributed by atoms with E-state index in [1.54, 1.807) is 6.92 Å². The molecule has 2 aromatic carbocycles. The van der Waals surface area contributed by atoms with Gasteiger partial charge in [-0.1, -0.05) is 42.5 Å². The van der Waals surface area contributed by atoms with Crippen LogP contribution in [0.4, 0.5) is 0 Å². The van der Waals surface area contributed by atoms with Crippen molar-refractivity contribution in [2.75, 3.05) is 6.61 Å². The molecule has 3 rings (SSSR count). The van der Waals surface area contributed by atoms with E-state index < -0.39 is 0 Å². The number of carbonyl (C=O) groups is 1. The molecule has 128 valence electrons. The first-order chi connectivity index (χ1) is 12.2. The van der Waals surface area contributed by atoms with E-state index in [0.29, 0.717) is 23.8 Å². The molecule has 25 heavy (non-hydrogen) atoms. The maximum Gasteiger partial charge on any atom is 0.350 e. The third-order valence-corrected chi connectivity index (χ3v) is 4.77. The number of esters is 1. The summed E-state index contributed by atoms with van der Waals surface area (Å²) in [6, 6.07) is 17.8. The first-order valence-electron chi connectivity index (χ1n) is 8.09. The number of hydrogen-bond acceptors (Lipinski definition) is 5. The fourth-order valence-electron chi connectivity index (χ4n) is 2.37. The molecule has 0 spiro atoms. The second-order valence-corrected chi connectivity index (χ2v) is 6.46. The smallest absolute Gasteiger partial charge is 0.350 e. The number of thiazole rings is 1. The van der Waals surface area contributed by atoms with Crippen LogP contribution in [-0.4, -0.2) is 17.6 Å². The zero-order chi connectivity index (χ0) is 17.6. The summed E-state index contributed by atoms with van der Waals surface area (Å²) in [5, 5.41) is 0.783. The molecule has 0 aliphatic rings. The minimum atomic E-state index is -0.319. The Morgan fingerprint density at radius 2 is 1.92 bits per heavy atom. The number of aryl methyl sites for hydroxylation is 1. The molecular formula is C20H19NO3S. The Morgan fingerprint density at radius 1 is 1.12 bits per heavy atom. The highest BCUT2D eigenvalue weighted by Gasteiger charge is 2.17. The fourth-order valence-corrected chi connectivity index (χ4v) is 3.32. The summed E-state index contributed by atoms with van der Waals surface area (Å²) in [6.07, 6.45) is 0. The lowest BCUT2D eigenvalue weighted by atomic mass is 10.2. The van der Waals surface area contributed by atoms with Crippen LogP contribution in [0.3, 0.4) is 0 Å². The van der Waals surface area contributed by atoms with Crippen LogP contribution in [-0.2, 0) is 11.3 Å². The van der Waals surface area contributed by atoms with Crippen LogP contribution in [0.25, 0.3) is 10.6 Å². The Labute approximate surface area is 151 Å². The second-order valence-electron chi connectivity index (χ2n) is 5.46. The van der Waals surface area contributed by atoms with Gasteiger partial charge in [0.05, 0.1) is 12.3 Å². The van der Waals surface area contributed by atoms with Crippen LogP contribution in [0.5, 0.6) is 5.75 Å². The maximum absolute atomic E-state index is 12.0. The van der Waals surface area contributed by atoms with Gasteiger partial charge in [-0.05, 0) is 31.5 Å². The lowest BCUT2D eigenvalue weighted by molar-refractivity contribution is 0.0531. The van der Waals surface area contributed by atoms with Gasteiger partial charge in [0.2, 0.25) is 0 Å². The van der Waals surface area contributed by atoms with Crippen molar-refractivity contribution in [2.24, 2.45) is 0 Å². The first-order valence-corrected chi connectivity index (χ1v) is 8.90. The Bertz CT molecular complexity index is 858. The third-order valence-electron chi connectivity index (χ3n) is 3.59. The summed E-state index contributed by atoms with van der Waals surface area (Å²) in [5.74, 6) is 0.451. The number of ether oxygens (including phenoxy) is 2. The van der Waals surface area contributed by atoms with Crippen LogP contribution < -0.4 is 4.74 Å². The second kappa shape index (κ2) is 7.94. The van der Waals surface area contributed by atoms with Gasteiger partial charge in [0.1, 0.15) is 22.2 Å². The van der Waals surface area contributed by atoms with E-state index in [1.165, 1.54) is 11.3 Å². The van der Waals surface area contributed by atoms with E-state index in [-0.39, 0.29) is 5.97 Å². The molecule has 0 aliphatic heterocycles. The normalized spacial score (nSPS) is 10.5. The van der Waals surface area contributed by atoms with Gasteiger partial charge < -0.3 is 9.47 Å². The molecule has 0 saturated heterocycles. The van der Waals surface area contributed by atoms with E-state index in [4.69, 9.17) is 9.47 Å². The molecule has 0 atom stereocenters. The average Bonchev–Trinajstić information content (AvgIpc) is 3.03. The summed E-state index contributed by atoms with van der Waals surface area (Å²) in [5.41, 5.74) is 2.73. The predicted molar refractivity (Wildman–Crippen MR) is 99.0 cm³/mol. The maximum atomic E-state index is 12.0. The number of hydrogen-bond donors (Lipinski definition) is 0. The monoisotopic (exact) mass is 353 g/mol. The Balaban J connectivity index is 1.77. The third kappa shape index (κ3) is 4.25. The number of rotatable bonds is 6. The van der Waals surface area contributed by atoms with Crippen LogP contribution in [0.1, 0.15) is 27.9 Å². The van der Waals surface area contributed by atoms with Crippen molar-refractivity contribution in [3.05, 3.63) is 70.7 Å². The lowest BCUT2D eigenvalue weighted by Gasteiger charge is -2.07. The number of nitrogens with zero attached hydrogens (tertiary/aromatic N) is 1. The van der Waals surface area contributed by atoms with Crippen LogP contribution in [0.15, 0.2) is 54.6 Å². The highest BCUT2D eigenvalue weighted by Crippen LogP contribution is 2.30. The van der Waals surface area contributed by atoms with Crippen molar-refractivity contribution in [1.29, 1.82) is 0 Å². The molecule has 0 unspecified atom stereocenters. The Morgan fingerprint density at radius 3 is 2.68 bits per heavy atom. The van der Waals surface area contributed by atoms with Gasteiger partial charge in [-0.15, -0.1) is 11.3 Å². The number of carbonyl (C=O) groups excluding carboxylic acids is 1. The van der Waals surface area contributed by atoms with Crippen molar-refractivity contribution in [3.8, 4) is 16.3 Å². The van der Waals surface area contributed by atoms with Gasteiger partial charge in [-0.25, -0.2) is 9.78 Å². The molecule has 0 aliphatic carbocycles. The zero-order valence-electron chi connectivity index (χ0n) is 14.2. The van der Waals surface area contributed by atoms with Crippen LogP contribution >= 0.6 is 11.3 Å². The fraction of sp³-hybridized carbons (Fsp3) is 0.200. The molecule has 1 aromatic heterocycles. The minimum Gasteiger partial charge on any atom is -0.489 e. The Hall–Kier alpha value is -2.66. The van der Waals surface area contributed by atoms with Gasteiger partial charge >= 0.3 is 5.97 Å². The quantitative estimate of drug-likeness (QED) is 0.593. The summed E-state index contributed by atoms with van der Waals surface area (Å²) in [4.78, 5) is 17.0. The van der Waals surface area contributed by atoms with E-state index in [2.05, 4.69) is 4.98 Å². The molecule has 1 heterocycles. The van der Waals surface area contributed by atoms with Crippen molar-refractivity contribution in [3.63, 3.8) is 0 Å². The Kier molecular flexibility index (Phi) is 5.46. The standard InChI is InChI=1S/C20H19NO3S/c1-3-23-20(22)18-14(2)21-19(25-18)16-10-7-11-17(12-16)24-13-15-8-5-4-6-9-15/h4-12H,3,13H2,1-2H3. The number of benzene rings is 2. The van der Waals surface area contributed by atoms with Crippen molar-refractivity contribution in [2.45, 2.75) is 20.5 Å². The summed E-state index contributed by atoms with van der Waals surface area (Å²) >= 11 is 1.34. The molecular weight excluding hydrogens is 334 g/mol. The molecule has 3 aromatic rings. The van der Waals surface area contributed by atoms with Gasteiger partial charge in [-0.3, -0.25) is 0 Å². The molecule has 0 radical (unpaired) electrons. The zero-order valence-corrected chi connectivity index (χ0v) is 15.0. The highest BCUT2D eigenvalue weighted by atomic mass is 32.1. The summed E-state index contributed by atoms with van der Waals surface area (Å²) in [7, 11) is 0. The lowest BCUT2D eigenvalue weighted by Crippen LogP contribution is -2.03. The molecule has 4 nitrogen and oxygen atoms in total. The van der Waals surface area contributed by atoms with E-state index in [1.807, 2.05) is 61.5 Å². The largest absolute Gasteiger partial charge is 0.489 e. The average molecular weight is 353 g/mol. The van der Waals surface area contributed by atoms with Gasteiger partial charge in [0.15, 0.2) is 0 Å². The van der Waals surface area contributed by atoms with E-state index in [9.17, 15) is 4.79 Å². The van der Waals surface area contributed by atoms with Crippen molar-refractivity contribution < 1.29 is 14.3 Å². The molecule has 0 saturated carbocycles. The molecule has 0 bridgehead atoms. The molecule has 0 fully saturated rings. The van der Waals surface area contributed by atoms with Gasteiger partial charge in [0.25, 0.3) is 0 Å². The minimum absolute atomic E-state index is 0.319. The van der Waals surface area contributed by atoms with Gasteiger partial charge in [0, 0.05) is 5.56 Å². The van der Waals surface area contributed by atoms with Crippen LogP contribution in [0, 0.1) is 6.92 Å². The highest BCUT2D eigenvalue weighted by molar-refractivity contribution is 7.17. The van der Waals surface area contributed by atoms with E-state index >= 15 is 0 Å². The predicted octanol–water partition coefficient (Wildman–Crippen LogP) is 4.87. The SMILES string of the molecule is CCOC(=O)c1sc(-c2cccc(OCc3ccccc3)c2)nc1C. The van der Waals surface area contributed by atoms with Gasteiger partial charge in [-0.2, -0.15) is 0 Å². The molecule has 0 amide bonds. The van der Waals surface area contributed by atoms with Crippen molar-refractivity contribution >= 4 is 17.3 Å². The van der Waals surface area contributed by atoms with E-state index in [0.717, 1.165) is 21.9 Å². The summed E-state index contributed by atoms with van der Waals surface area (Å²) in [6.45, 7) is 4.48. The summed E-state index contributed by atoms with van der Waals surface area (Å²) < 4.78 is 10.9. The first kappa shape index (κ1) is 17.2.